The van der Waals surface area contributed by atoms with Crippen LogP contribution in [0.5, 0.6) is 0 Å². The van der Waals surface area contributed by atoms with E-state index in [1.807, 2.05) is 12.1 Å². The summed E-state index contributed by atoms with van der Waals surface area (Å²) in [6, 6.07) is 20.9. The molecule has 0 radical (unpaired) electrons. The molecule has 0 atom stereocenters. The summed E-state index contributed by atoms with van der Waals surface area (Å²) in [6.45, 7) is 0. The molecule has 0 fully saturated rings. The fourth-order valence-electron chi connectivity index (χ4n) is 1.36. The van der Waals surface area contributed by atoms with Gasteiger partial charge in [0.2, 0.25) is 0 Å². The van der Waals surface area contributed by atoms with Crippen LogP contribution in [-0.2, 0) is 18.5 Å². The molecule has 0 unspecified atom stereocenters. The van der Waals surface area contributed by atoms with Crippen molar-refractivity contribution < 1.29 is 18.5 Å². The maximum absolute atomic E-state index is 2.29. The fraction of sp³-hybridized carbons (Fsp3) is 0. The second-order valence-electron chi connectivity index (χ2n) is 3.10. The van der Waals surface area contributed by atoms with E-state index in [2.05, 4.69) is 52.2 Å². The molecule has 2 heteroatoms. The van der Waals surface area contributed by atoms with Gasteiger partial charge in [-0.25, -0.2) is 0 Å². The number of rotatable bonds is 2. The monoisotopic (exact) mass is 232 g/mol. The molecule has 0 spiro atoms. The van der Waals surface area contributed by atoms with Crippen molar-refractivity contribution in [1.29, 1.82) is 0 Å². The second-order valence-corrected chi connectivity index (χ2v) is 4.43. The average Bonchev–Trinajstić information content (AvgIpc) is 2.30. The molecule has 0 aliphatic rings. The van der Waals surface area contributed by atoms with Crippen molar-refractivity contribution in [1.82, 2.24) is 0 Å². The summed E-state index contributed by atoms with van der Waals surface area (Å²) >= 11 is 1.11. The quantitative estimate of drug-likeness (QED) is 0.720. The molecule has 65 valence electrons. The molecule has 0 N–H and O–H groups in total. The molecule has 0 saturated heterocycles. The number of anilines is 2. The molecule has 0 saturated carbocycles. The third kappa shape index (κ3) is 2.02. The molecule has 0 aliphatic carbocycles. The molecule has 0 heterocycles. The van der Waals surface area contributed by atoms with E-state index < -0.39 is 0 Å². The number of hydrogen-bond acceptors (Lipinski definition) is 1. The van der Waals surface area contributed by atoms with Gasteiger partial charge in [0.1, 0.15) is 0 Å². The van der Waals surface area contributed by atoms with E-state index in [-0.39, 0.29) is 0 Å². The van der Waals surface area contributed by atoms with Crippen LogP contribution in [-0.4, -0.2) is 0 Å². The van der Waals surface area contributed by atoms with Crippen molar-refractivity contribution in [3.63, 3.8) is 0 Å². The van der Waals surface area contributed by atoms with Gasteiger partial charge < -0.3 is 0 Å². The van der Waals surface area contributed by atoms with Gasteiger partial charge in [-0.15, -0.1) is 0 Å². The van der Waals surface area contributed by atoms with Crippen LogP contribution in [0.15, 0.2) is 60.7 Å². The van der Waals surface area contributed by atoms with Crippen molar-refractivity contribution in [2.24, 2.45) is 0 Å². The Morgan fingerprint density at radius 3 is 1.36 bits per heavy atom. The van der Waals surface area contributed by atoms with Crippen LogP contribution >= 0.6 is 0 Å². The van der Waals surface area contributed by atoms with Crippen LogP contribution in [0.25, 0.3) is 0 Å². The Labute approximate surface area is 94.3 Å². The molecule has 1 nitrogen and oxygen atoms in total. The standard InChI is InChI=1S/C12H10N.Zn/c1-3-7-11(8-4-1)13-12-9-5-2-6-10-12;/h1-10H;/q-1;+1. The minimum atomic E-state index is 1.11. The van der Waals surface area contributed by atoms with E-state index in [1.54, 1.807) is 0 Å². The van der Waals surface area contributed by atoms with Crippen LogP contribution < -0.4 is 3.64 Å². The fourth-order valence-corrected chi connectivity index (χ4v) is 2.25. The molecule has 0 aromatic heterocycles. The first-order chi connectivity index (χ1) is 6.88. The maximum atomic E-state index is 2.29. The molecule has 0 aliphatic heterocycles. The molecule has 2 aromatic rings. The zero-order chi connectivity index (χ0) is 9.80. The van der Waals surface area contributed by atoms with Gasteiger partial charge >= 0.3 is 94.2 Å². The Balaban J connectivity index is 2.30. The van der Waals surface area contributed by atoms with Crippen LogP contribution in [0, 0.1) is 0 Å². The molecule has 14 heavy (non-hydrogen) atoms. The second kappa shape index (κ2) is 4.39. The number of para-hydroxylation sites is 2. The molecular formula is C12H10NZn. The number of benzene rings is 2. The van der Waals surface area contributed by atoms with Gasteiger partial charge in [0, 0.05) is 0 Å². The van der Waals surface area contributed by atoms with E-state index in [9.17, 15) is 0 Å². The van der Waals surface area contributed by atoms with E-state index in [4.69, 9.17) is 0 Å². The summed E-state index contributed by atoms with van der Waals surface area (Å²) in [6.07, 6.45) is 0. The first kappa shape index (κ1) is 9.42. The molecule has 2 rings (SSSR count). The third-order valence-corrected chi connectivity index (χ3v) is 3.67. The topological polar surface area (TPSA) is 3.24 Å². The van der Waals surface area contributed by atoms with E-state index in [1.165, 1.54) is 11.4 Å². The molecular weight excluding hydrogens is 224 g/mol. The van der Waals surface area contributed by atoms with Gasteiger partial charge in [0.05, 0.1) is 0 Å². The van der Waals surface area contributed by atoms with Gasteiger partial charge in [-0.05, 0) is 0 Å². The van der Waals surface area contributed by atoms with E-state index >= 15 is 0 Å². The summed E-state index contributed by atoms with van der Waals surface area (Å²) in [5.74, 6) is 0. The van der Waals surface area contributed by atoms with Crippen molar-refractivity contribution in [3.05, 3.63) is 60.7 Å². The summed E-state index contributed by atoms with van der Waals surface area (Å²) < 4.78 is 2.29. The van der Waals surface area contributed by atoms with Crippen molar-refractivity contribution in [2.75, 3.05) is 3.64 Å². The van der Waals surface area contributed by atoms with Gasteiger partial charge in [-0.2, -0.15) is 0 Å². The average molecular weight is 234 g/mol. The van der Waals surface area contributed by atoms with Gasteiger partial charge in [-0.3, -0.25) is 0 Å². The van der Waals surface area contributed by atoms with Gasteiger partial charge in [0.25, 0.3) is 0 Å². The summed E-state index contributed by atoms with van der Waals surface area (Å²) in [5.41, 5.74) is 2.53. The SMILES string of the molecule is [Zn][N](c1ccccc1)c1ccccc1. The molecule has 0 bridgehead atoms. The minimum absolute atomic E-state index is 1.11. The Bertz CT molecular complexity index is 346. The Hall–Kier alpha value is -1.14. The van der Waals surface area contributed by atoms with E-state index in [0.717, 1.165) is 18.5 Å². The van der Waals surface area contributed by atoms with E-state index in [0.29, 0.717) is 0 Å². The van der Waals surface area contributed by atoms with Crippen LogP contribution in [0.3, 0.4) is 0 Å². The normalized spacial score (nSPS) is 9.86. The Kier molecular flexibility index (Phi) is 2.95. The Morgan fingerprint density at radius 2 is 1.00 bits per heavy atom. The predicted octanol–water partition coefficient (Wildman–Crippen LogP) is 3.29. The van der Waals surface area contributed by atoms with Crippen LogP contribution in [0.4, 0.5) is 11.4 Å². The van der Waals surface area contributed by atoms with Gasteiger partial charge in [-0.1, -0.05) is 0 Å². The molecule has 2 aromatic carbocycles. The summed E-state index contributed by atoms with van der Waals surface area (Å²) in [7, 11) is 0. The third-order valence-electron chi connectivity index (χ3n) is 2.14. The first-order valence-corrected chi connectivity index (χ1v) is 5.91. The zero-order valence-corrected chi connectivity index (χ0v) is 10.9. The van der Waals surface area contributed by atoms with Crippen molar-refractivity contribution in [3.8, 4) is 0 Å². The molecule has 0 amide bonds. The Morgan fingerprint density at radius 1 is 0.643 bits per heavy atom. The van der Waals surface area contributed by atoms with Crippen molar-refractivity contribution >= 4 is 11.4 Å². The first-order valence-electron chi connectivity index (χ1n) is 4.58. The van der Waals surface area contributed by atoms with Crippen LogP contribution in [0.2, 0.25) is 0 Å². The summed E-state index contributed by atoms with van der Waals surface area (Å²) in [4.78, 5) is 0. The van der Waals surface area contributed by atoms with Gasteiger partial charge in [0.15, 0.2) is 0 Å². The van der Waals surface area contributed by atoms with Crippen LogP contribution in [0.1, 0.15) is 0 Å². The number of nitrogens with zero attached hydrogens (tertiary/aromatic N) is 1. The number of hydrogen-bond donors (Lipinski definition) is 0. The van der Waals surface area contributed by atoms with Crippen molar-refractivity contribution in [2.45, 2.75) is 0 Å². The zero-order valence-electron chi connectivity index (χ0n) is 7.93. The predicted molar refractivity (Wildman–Crippen MR) is 55.0 cm³/mol. The summed E-state index contributed by atoms with van der Waals surface area (Å²) in [5, 5.41) is 0.